The Morgan fingerprint density at radius 2 is 2.11 bits per heavy atom. The monoisotopic (exact) mass is 371 g/mol. The van der Waals surface area contributed by atoms with Crippen molar-refractivity contribution in [2.45, 2.75) is 20.4 Å². The lowest BCUT2D eigenvalue weighted by Crippen LogP contribution is -2.25. The van der Waals surface area contributed by atoms with E-state index >= 15 is 0 Å². The van der Waals surface area contributed by atoms with Crippen LogP contribution in [0.2, 0.25) is 0 Å². The summed E-state index contributed by atoms with van der Waals surface area (Å²) in [5, 5.41) is 2.97. The molecule has 2 rings (SSSR count). The highest BCUT2D eigenvalue weighted by molar-refractivity contribution is 14.1. The molecule has 19 heavy (non-hydrogen) atoms. The molecular formula is C12H14IN5O. The first-order valence-corrected chi connectivity index (χ1v) is 6.83. The minimum Gasteiger partial charge on any atom is -0.373 e. The molecule has 0 unspecified atom stereocenters. The Morgan fingerprint density at radius 1 is 1.37 bits per heavy atom. The van der Waals surface area contributed by atoms with Gasteiger partial charge in [0.1, 0.15) is 5.82 Å². The number of nitrogens with zero attached hydrogens (tertiary/aromatic N) is 4. The van der Waals surface area contributed by atoms with Crippen LogP contribution in [0.3, 0.4) is 0 Å². The van der Waals surface area contributed by atoms with Gasteiger partial charge in [0.15, 0.2) is 5.82 Å². The van der Waals surface area contributed by atoms with Crippen molar-refractivity contribution < 1.29 is 0 Å². The van der Waals surface area contributed by atoms with E-state index in [9.17, 15) is 4.79 Å². The molecule has 0 radical (unpaired) electrons. The van der Waals surface area contributed by atoms with Crippen LogP contribution < -0.4 is 10.9 Å². The third kappa shape index (κ3) is 3.09. The second kappa shape index (κ2) is 5.64. The average Bonchev–Trinajstić information content (AvgIpc) is 2.39. The summed E-state index contributed by atoms with van der Waals surface area (Å²) in [5.41, 5.74) is 1.53. The summed E-state index contributed by atoms with van der Waals surface area (Å²) in [6.07, 6.45) is 1.53. The Bertz CT molecular complexity index is 668. The number of aromatic nitrogens is 4. The van der Waals surface area contributed by atoms with E-state index in [1.54, 1.807) is 7.05 Å². The first kappa shape index (κ1) is 13.9. The van der Waals surface area contributed by atoms with Gasteiger partial charge in [-0.2, -0.15) is 0 Å². The van der Waals surface area contributed by atoms with Gasteiger partial charge in [-0.25, -0.2) is 15.0 Å². The minimum absolute atomic E-state index is 0.0655. The van der Waals surface area contributed by atoms with E-state index in [2.05, 4.69) is 20.3 Å². The van der Waals surface area contributed by atoms with E-state index in [0.717, 1.165) is 17.2 Å². The summed E-state index contributed by atoms with van der Waals surface area (Å²) in [6.45, 7) is 4.03. The maximum atomic E-state index is 12.1. The van der Waals surface area contributed by atoms with Gasteiger partial charge in [0.2, 0.25) is 0 Å². The molecule has 0 aliphatic rings. The Kier molecular flexibility index (Phi) is 4.13. The predicted molar refractivity (Wildman–Crippen MR) is 81.4 cm³/mol. The van der Waals surface area contributed by atoms with Crippen LogP contribution >= 0.6 is 22.6 Å². The number of anilines is 1. The Hall–Kier alpha value is -1.51. The molecule has 0 fully saturated rings. The summed E-state index contributed by atoms with van der Waals surface area (Å²) in [7, 11) is 1.80. The van der Waals surface area contributed by atoms with Crippen molar-refractivity contribution in [3.8, 4) is 0 Å². The topological polar surface area (TPSA) is 72.7 Å². The molecule has 0 bridgehead atoms. The van der Waals surface area contributed by atoms with Gasteiger partial charge in [0.25, 0.3) is 5.56 Å². The Labute approximate surface area is 124 Å². The molecule has 6 nitrogen and oxygen atoms in total. The molecule has 0 atom stereocenters. The van der Waals surface area contributed by atoms with Gasteiger partial charge in [0.05, 0.1) is 22.1 Å². The molecule has 0 amide bonds. The van der Waals surface area contributed by atoms with Crippen molar-refractivity contribution in [1.82, 2.24) is 19.5 Å². The van der Waals surface area contributed by atoms with E-state index in [1.807, 2.05) is 42.5 Å². The molecule has 0 aliphatic heterocycles. The lowest BCUT2D eigenvalue weighted by molar-refractivity contribution is 0.686. The fraction of sp³-hybridized carbons (Fsp3) is 0.333. The van der Waals surface area contributed by atoms with Gasteiger partial charge < -0.3 is 5.32 Å². The zero-order valence-corrected chi connectivity index (χ0v) is 13.1. The van der Waals surface area contributed by atoms with E-state index < -0.39 is 0 Å². The predicted octanol–water partition coefficient (Wildman–Crippen LogP) is 1.34. The SMILES string of the molecule is CNc1cc(C)nc(Cn2cnc(C)c(I)c2=O)n1. The average molecular weight is 371 g/mol. The van der Waals surface area contributed by atoms with Crippen LogP contribution in [0.1, 0.15) is 17.2 Å². The maximum absolute atomic E-state index is 12.1. The van der Waals surface area contributed by atoms with Gasteiger partial charge in [-0.3, -0.25) is 9.36 Å². The van der Waals surface area contributed by atoms with E-state index in [1.165, 1.54) is 10.9 Å². The molecule has 2 aromatic heterocycles. The number of hydrogen-bond donors (Lipinski definition) is 1. The molecule has 0 saturated carbocycles. The van der Waals surface area contributed by atoms with Crippen molar-refractivity contribution in [2.75, 3.05) is 12.4 Å². The molecule has 0 aromatic carbocycles. The molecule has 2 aromatic rings. The minimum atomic E-state index is -0.0655. The van der Waals surface area contributed by atoms with Gasteiger partial charge in [-0.1, -0.05) is 0 Å². The Balaban J connectivity index is 2.39. The third-order valence-electron chi connectivity index (χ3n) is 2.63. The highest BCUT2D eigenvalue weighted by Crippen LogP contribution is 2.07. The van der Waals surface area contributed by atoms with Gasteiger partial charge >= 0.3 is 0 Å². The fourth-order valence-corrected chi connectivity index (χ4v) is 2.09. The molecule has 1 N–H and O–H groups in total. The van der Waals surface area contributed by atoms with Crippen molar-refractivity contribution in [1.29, 1.82) is 0 Å². The summed E-state index contributed by atoms with van der Waals surface area (Å²) in [5.74, 6) is 1.33. The standard InChI is InChI=1S/C12H14IN5O/c1-7-4-9(14-3)17-10(16-7)5-18-6-15-8(2)11(13)12(18)19/h4,6H,5H2,1-3H3,(H,14,16,17). The summed E-state index contributed by atoms with van der Waals surface area (Å²) in [4.78, 5) is 24.9. The molecule has 0 aliphatic carbocycles. The number of hydrogen-bond acceptors (Lipinski definition) is 5. The number of nitrogens with one attached hydrogen (secondary N) is 1. The first-order chi connectivity index (χ1) is 9.01. The number of aryl methyl sites for hydroxylation is 2. The second-order valence-corrected chi connectivity index (χ2v) is 5.22. The maximum Gasteiger partial charge on any atom is 0.267 e. The van der Waals surface area contributed by atoms with E-state index in [0.29, 0.717) is 15.9 Å². The highest BCUT2D eigenvalue weighted by atomic mass is 127. The van der Waals surface area contributed by atoms with Crippen molar-refractivity contribution >= 4 is 28.4 Å². The lowest BCUT2D eigenvalue weighted by Gasteiger charge is -2.08. The molecule has 2 heterocycles. The van der Waals surface area contributed by atoms with Crippen LogP contribution in [-0.2, 0) is 6.54 Å². The lowest BCUT2D eigenvalue weighted by atomic mass is 10.4. The van der Waals surface area contributed by atoms with Crippen molar-refractivity contribution in [3.05, 3.63) is 43.5 Å². The van der Waals surface area contributed by atoms with Gasteiger partial charge in [0, 0.05) is 18.8 Å². The fourth-order valence-electron chi connectivity index (χ4n) is 1.64. The van der Waals surface area contributed by atoms with Crippen LogP contribution in [0.25, 0.3) is 0 Å². The van der Waals surface area contributed by atoms with Crippen LogP contribution in [0.5, 0.6) is 0 Å². The summed E-state index contributed by atoms with van der Waals surface area (Å²) < 4.78 is 2.14. The molecular weight excluding hydrogens is 357 g/mol. The third-order valence-corrected chi connectivity index (χ3v) is 3.87. The molecule has 100 valence electrons. The molecule has 7 heteroatoms. The summed E-state index contributed by atoms with van der Waals surface area (Å²) in [6, 6.07) is 1.85. The van der Waals surface area contributed by atoms with Crippen molar-refractivity contribution in [3.63, 3.8) is 0 Å². The molecule has 0 saturated heterocycles. The van der Waals surface area contributed by atoms with Crippen LogP contribution in [0, 0.1) is 17.4 Å². The molecule has 0 spiro atoms. The summed E-state index contributed by atoms with van der Waals surface area (Å²) >= 11 is 2.01. The highest BCUT2D eigenvalue weighted by Gasteiger charge is 2.08. The number of rotatable bonds is 3. The number of halogens is 1. The van der Waals surface area contributed by atoms with Crippen LogP contribution in [-0.4, -0.2) is 26.6 Å². The zero-order valence-electron chi connectivity index (χ0n) is 10.9. The largest absolute Gasteiger partial charge is 0.373 e. The zero-order chi connectivity index (χ0) is 14.0. The van der Waals surface area contributed by atoms with Crippen LogP contribution in [0.4, 0.5) is 5.82 Å². The van der Waals surface area contributed by atoms with Crippen molar-refractivity contribution in [2.24, 2.45) is 0 Å². The quantitative estimate of drug-likeness (QED) is 0.825. The van der Waals surface area contributed by atoms with Crippen LogP contribution in [0.15, 0.2) is 17.2 Å². The van der Waals surface area contributed by atoms with E-state index in [4.69, 9.17) is 0 Å². The van der Waals surface area contributed by atoms with Gasteiger partial charge in [-0.05, 0) is 36.4 Å². The smallest absolute Gasteiger partial charge is 0.267 e. The van der Waals surface area contributed by atoms with E-state index in [-0.39, 0.29) is 5.56 Å². The Morgan fingerprint density at radius 3 is 2.79 bits per heavy atom. The first-order valence-electron chi connectivity index (χ1n) is 5.75. The normalized spacial score (nSPS) is 10.5. The van der Waals surface area contributed by atoms with Gasteiger partial charge in [-0.15, -0.1) is 0 Å². The second-order valence-electron chi connectivity index (χ2n) is 4.14.